The van der Waals surface area contributed by atoms with E-state index >= 15 is 0 Å². The number of piperidine rings is 1. The number of alkyl halides is 3. The second-order valence-corrected chi connectivity index (χ2v) is 7.76. The lowest BCUT2D eigenvalue weighted by Crippen LogP contribution is -2.38. The minimum atomic E-state index is -4.67. The molecule has 1 fully saturated rings. The number of carbonyl (C=O) groups excluding carboxylic acids is 1. The van der Waals surface area contributed by atoms with Crippen LogP contribution < -0.4 is 16.0 Å². The van der Waals surface area contributed by atoms with Crippen LogP contribution in [0.3, 0.4) is 0 Å². The third kappa shape index (κ3) is 4.21. The molecule has 14 heteroatoms. The summed E-state index contributed by atoms with van der Waals surface area (Å²) in [5.74, 6) is -1.71. The molecule has 176 valence electrons. The quantitative estimate of drug-likeness (QED) is 0.460. The van der Waals surface area contributed by atoms with Crippen LogP contribution in [0.4, 0.5) is 24.7 Å². The Morgan fingerprint density at radius 3 is 2.65 bits per heavy atom. The molecule has 34 heavy (non-hydrogen) atoms. The molecular weight excluding hydrogens is 457 g/mol. The number of hydrogen-bond acceptors (Lipinski definition) is 8. The summed E-state index contributed by atoms with van der Waals surface area (Å²) in [5, 5.41) is 17.2. The molecular formula is C20H17F3N8O3. The topological polar surface area (TPSA) is 134 Å². The van der Waals surface area contributed by atoms with Crippen LogP contribution in [0.5, 0.6) is 0 Å². The number of hydrogen-bond donors (Lipinski definition) is 2. The van der Waals surface area contributed by atoms with Crippen molar-refractivity contribution in [1.82, 2.24) is 30.0 Å². The van der Waals surface area contributed by atoms with E-state index in [0.29, 0.717) is 47.5 Å². The molecule has 1 aliphatic rings. The molecule has 4 heterocycles. The number of nitrogens with zero attached hydrogens (tertiary/aromatic N) is 6. The highest BCUT2D eigenvalue weighted by atomic mass is 19.4. The normalized spacial score (nSPS) is 15.1. The van der Waals surface area contributed by atoms with E-state index in [1.165, 1.54) is 6.07 Å². The number of nitrogens with one attached hydrogen (secondary N) is 2. The van der Waals surface area contributed by atoms with E-state index in [-0.39, 0.29) is 23.3 Å². The molecule has 4 aromatic rings. The number of H-pyrrole nitrogens is 1. The fourth-order valence-electron chi connectivity index (χ4n) is 3.84. The Kier molecular flexibility index (Phi) is 5.26. The van der Waals surface area contributed by atoms with Gasteiger partial charge >= 0.3 is 11.9 Å². The van der Waals surface area contributed by atoms with Gasteiger partial charge in [-0.1, -0.05) is 17.3 Å². The van der Waals surface area contributed by atoms with Crippen molar-refractivity contribution in [3.63, 3.8) is 0 Å². The molecule has 1 aliphatic heterocycles. The van der Waals surface area contributed by atoms with Gasteiger partial charge in [-0.15, -0.1) is 15.3 Å². The molecule has 0 saturated carbocycles. The Morgan fingerprint density at radius 2 is 1.94 bits per heavy atom. The molecule has 1 amide bonds. The molecule has 0 unspecified atom stereocenters. The molecule has 3 aromatic heterocycles. The highest BCUT2D eigenvalue weighted by Gasteiger charge is 2.38. The van der Waals surface area contributed by atoms with Crippen molar-refractivity contribution in [2.24, 2.45) is 5.92 Å². The van der Waals surface area contributed by atoms with Gasteiger partial charge in [0, 0.05) is 30.3 Å². The maximum atomic E-state index is 13.1. The number of rotatable bonds is 4. The summed E-state index contributed by atoms with van der Waals surface area (Å²) >= 11 is 0. The highest BCUT2D eigenvalue weighted by Crippen LogP contribution is 2.29. The third-order valence-electron chi connectivity index (χ3n) is 5.54. The Morgan fingerprint density at radius 1 is 1.15 bits per heavy atom. The average Bonchev–Trinajstić information content (AvgIpc) is 3.45. The number of fused-ring (bicyclic) bond motifs is 1. The maximum Gasteiger partial charge on any atom is 0.453 e. The molecule has 1 saturated heterocycles. The maximum absolute atomic E-state index is 13.1. The van der Waals surface area contributed by atoms with Crippen LogP contribution in [0.2, 0.25) is 0 Å². The zero-order valence-corrected chi connectivity index (χ0v) is 17.4. The van der Waals surface area contributed by atoms with Gasteiger partial charge < -0.3 is 10.2 Å². The highest BCUT2D eigenvalue weighted by molar-refractivity contribution is 5.93. The molecule has 0 spiro atoms. The predicted octanol–water partition coefficient (Wildman–Crippen LogP) is 2.34. The van der Waals surface area contributed by atoms with Crippen molar-refractivity contribution in [3.8, 4) is 11.4 Å². The standard InChI is InChI=1S/C20H17F3N8O3/c21-20(22,23)18-27-26-14-4-5-15(28-31(14)18)30-8-6-11(7-9-30)17(32)24-13-3-1-2-12(10-13)16-25-19(33)34-29-16/h1-5,10-11H,6-9H2,(H,24,32)(H,25,29,33). The lowest BCUT2D eigenvalue weighted by Gasteiger charge is -2.32. The van der Waals surface area contributed by atoms with Crippen LogP contribution in [0.25, 0.3) is 17.0 Å². The Labute approximate surface area is 188 Å². The number of carbonyl (C=O) groups is 1. The summed E-state index contributed by atoms with van der Waals surface area (Å²) in [6, 6.07) is 9.82. The van der Waals surface area contributed by atoms with E-state index in [1.807, 2.05) is 4.90 Å². The number of aromatic amines is 1. The summed E-state index contributed by atoms with van der Waals surface area (Å²) < 4.78 is 44.5. The molecule has 0 aliphatic carbocycles. The third-order valence-corrected chi connectivity index (χ3v) is 5.54. The van der Waals surface area contributed by atoms with Crippen molar-refractivity contribution in [2.45, 2.75) is 19.0 Å². The van der Waals surface area contributed by atoms with Crippen LogP contribution in [0, 0.1) is 5.92 Å². The summed E-state index contributed by atoms with van der Waals surface area (Å²) in [6.45, 7) is 0.889. The van der Waals surface area contributed by atoms with E-state index in [0.717, 1.165) is 0 Å². The van der Waals surface area contributed by atoms with Crippen molar-refractivity contribution in [3.05, 3.63) is 52.8 Å². The zero-order valence-electron chi connectivity index (χ0n) is 17.4. The summed E-state index contributed by atoms with van der Waals surface area (Å²) in [4.78, 5) is 28.2. The van der Waals surface area contributed by atoms with Crippen molar-refractivity contribution in [2.75, 3.05) is 23.3 Å². The second kappa shape index (κ2) is 8.28. The second-order valence-electron chi connectivity index (χ2n) is 7.76. The number of halogens is 3. The molecule has 0 radical (unpaired) electrons. The minimum absolute atomic E-state index is 0.00210. The van der Waals surface area contributed by atoms with Crippen molar-refractivity contribution in [1.29, 1.82) is 0 Å². The van der Waals surface area contributed by atoms with Gasteiger partial charge in [-0.05, 0) is 37.1 Å². The van der Waals surface area contributed by atoms with Gasteiger partial charge in [0.2, 0.25) is 5.91 Å². The molecule has 11 nitrogen and oxygen atoms in total. The molecule has 1 aromatic carbocycles. The number of anilines is 2. The van der Waals surface area contributed by atoms with E-state index < -0.39 is 17.8 Å². The first-order valence-corrected chi connectivity index (χ1v) is 10.3. The largest absolute Gasteiger partial charge is 0.453 e. The summed E-state index contributed by atoms with van der Waals surface area (Å²) in [7, 11) is 0. The Hall–Kier alpha value is -4.23. The first kappa shape index (κ1) is 21.6. The SMILES string of the molecule is O=C(Nc1cccc(-c2noc(=O)[nH]2)c1)C1CCN(c2ccc3nnc(C(F)(F)F)n3n2)CC1. The van der Waals surface area contributed by atoms with Crippen LogP contribution in [0.1, 0.15) is 18.7 Å². The van der Waals surface area contributed by atoms with Gasteiger partial charge in [0.25, 0.3) is 5.82 Å². The first-order chi connectivity index (χ1) is 16.3. The van der Waals surface area contributed by atoms with Gasteiger partial charge in [-0.3, -0.25) is 14.3 Å². The van der Waals surface area contributed by atoms with Crippen LogP contribution in [0.15, 0.2) is 45.7 Å². The van der Waals surface area contributed by atoms with Gasteiger partial charge in [0.05, 0.1) is 0 Å². The lowest BCUT2D eigenvalue weighted by molar-refractivity contribution is -0.146. The molecule has 2 N–H and O–H groups in total. The summed E-state index contributed by atoms with van der Waals surface area (Å²) in [6.07, 6.45) is -3.68. The van der Waals surface area contributed by atoms with E-state index in [2.05, 4.69) is 35.3 Å². The van der Waals surface area contributed by atoms with Crippen LogP contribution in [-0.4, -0.2) is 48.9 Å². The van der Waals surface area contributed by atoms with Gasteiger partial charge in [-0.25, -0.2) is 4.79 Å². The number of aromatic nitrogens is 6. The van der Waals surface area contributed by atoms with Crippen LogP contribution >= 0.6 is 0 Å². The monoisotopic (exact) mass is 474 g/mol. The van der Waals surface area contributed by atoms with E-state index in [1.54, 1.807) is 30.3 Å². The van der Waals surface area contributed by atoms with E-state index in [4.69, 9.17) is 0 Å². The van der Waals surface area contributed by atoms with Gasteiger partial charge in [-0.2, -0.15) is 17.7 Å². The molecule has 5 rings (SSSR count). The Bertz CT molecular complexity index is 1400. The van der Waals surface area contributed by atoms with Crippen molar-refractivity contribution >= 4 is 23.1 Å². The number of amides is 1. The van der Waals surface area contributed by atoms with Gasteiger partial charge in [0.1, 0.15) is 5.82 Å². The average molecular weight is 474 g/mol. The minimum Gasteiger partial charge on any atom is -0.355 e. The summed E-state index contributed by atoms with van der Waals surface area (Å²) in [5.41, 5.74) is 1.11. The van der Waals surface area contributed by atoms with E-state index in [9.17, 15) is 22.8 Å². The number of benzene rings is 1. The predicted molar refractivity (Wildman–Crippen MR) is 112 cm³/mol. The Balaban J connectivity index is 1.24. The smallest absolute Gasteiger partial charge is 0.355 e. The first-order valence-electron chi connectivity index (χ1n) is 10.3. The lowest BCUT2D eigenvalue weighted by atomic mass is 9.95. The zero-order chi connectivity index (χ0) is 23.9. The molecule has 0 atom stereocenters. The molecule has 0 bridgehead atoms. The fourth-order valence-corrected chi connectivity index (χ4v) is 3.84. The fraction of sp³-hybridized carbons (Fsp3) is 0.300. The van der Waals surface area contributed by atoms with Gasteiger partial charge in [0.15, 0.2) is 11.5 Å². The van der Waals surface area contributed by atoms with Crippen molar-refractivity contribution < 1.29 is 22.5 Å². The van der Waals surface area contributed by atoms with Crippen LogP contribution in [-0.2, 0) is 11.0 Å².